The van der Waals surface area contributed by atoms with Crippen molar-refractivity contribution in [2.24, 2.45) is 0 Å². The summed E-state index contributed by atoms with van der Waals surface area (Å²) >= 11 is 0. The first kappa shape index (κ1) is 16.8. The maximum Gasteiger partial charge on any atom is 0.262 e. The largest absolute Gasteiger partial charge is 0.497 e. The SMILES string of the molecule is COc1ccc(/C=C(/C#N)C(=O)NC[C@H]2CCCO2)c(OC)c1. The van der Waals surface area contributed by atoms with Crippen LogP contribution in [0.5, 0.6) is 11.5 Å². The van der Waals surface area contributed by atoms with Gasteiger partial charge < -0.3 is 19.5 Å². The van der Waals surface area contributed by atoms with Crippen molar-refractivity contribution in [3.05, 3.63) is 29.3 Å². The standard InChI is InChI=1S/C17H20N2O4/c1-21-14-6-5-12(16(9-14)22-2)8-13(10-18)17(20)19-11-15-4-3-7-23-15/h5-6,8-9,15H,3-4,7,11H2,1-2H3,(H,19,20)/b13-8-/t15-/m1/s1. The van der Waals surface area contributed by atoms with Gasteiger partial charge in [0.15, 0.2) is 0 Å². The molecule has 0 spiro atoms. The van der Waals surface area contributed by atoms with Crippen molar-refractivity contribution in [2.75, 3.05) is 27.4 Å². The topological polar surface area (TPSA) is 80.6 Å². The third-order valence-electron chi connectivity index (χ3n) is 3.62. The van der Waals surface area contributed by atoms with Crippen LogP contribution in [0.2, 0.25) is 0 Å². The van der Waals surface area contributed by atoms with E-state index in [4.69, 9.17) is 14.2 Å². The van der Waals surface area contributed by atoms with Crippen molar-refractivity contribution >= 4 is 12.0 Å². The smallest absolute Gasteiger partial charge is 0.262 e. The Morgan fingerprint density at radius 1 is 1.48 bits per heavy atom. The molecule has 0 radical (unpaired) electrons. The van der Waals surface area contributed by atoms with Crippen LogP contribution in [0, 0.1) is 11.3 Å². The molecule has 2 rings (SSSR count). The first-order valence-electron chi connectivity index (χ1n) is 7.41. The Hall–Kier alpha value is -2.52. The lowest BCUT2D eigenvalue weighted by Crippen LogP contribution is -2.32. The van der Waals surface area contributed by atoms with E-state index in [0.29, 0.717) is 23.6 Å². The molecule has 1 N–H and O–H groups in total. The van der Waals surface area contributed by atoms with Gasteiger partial charge in [0.2, 0.25) is 0 Å². The predicted octanol–water partition coefficient (Wildman–Crippen LogP) is 1.91. The van der Waals surface area contributed by atoms with Gasteiger partial charge in [-0.25, -0.2) is 0 Å². The fourth-order valence-corrected chi connectivity index (χ4v) is 2.35. The zero-order valence-electron chi connectivity index (χ0n) is 13.3. The lowest BCUT2D eigenvalue weighted by molar-refractivity contribution is -0.117. The molecule has 0 saturated carbocycles. The van der Waals surface area contributed by atoms with Crippen LogP contribution in [0.15, 0.2) is 23.8 Å². The third kappa shape index (κ3) is 4.47. The molecule has 23 heavy (non-hydrogen) atoms. The van der Waals surface area contributed by atoms with Gasteiger partial charge in [-0.05, 0) is 31.1 Å². The number of nitrogens with zero attached hydrogens (tertiary/aromatic N) is 1. The van der Waals surface area contributed by atoms with E-state index in [1.165, 1.54) is 13.2 Å². The number of hydrogen-bond donors (Lipinski definition) is 1. The molecule has 0 bridgehead atoms. The molecule has 1 fully saturated rings. The summed E-state index contributed by atoms with van der Waals surface area (Å²) < 4.78 is 15.8. The fraction of sp³-hybridized carbons (Fsp3) is 0.412. The van der Waals surface area contributed by atoms with E-state index < -0.39 is 5.91 Å². The highest BCUT2D eigenvalue weighted by atomic mass is 16.5. The quantitative estimate of drug-likeness (QED) is 0.640. The molecule has 1 saturated heterocycles. The van der Waals surface area contributed by atoms with Gasteiger partial charge in [-0.3, -0.25) is 4.79 Å². The highest BCUT2D eigenvalue weighted by Crippen LogP contribution is 2.26. The van der Waals surface area contributed by atoms with E-state index in [9.17, 15) is 10.1 Å². The zero-order chi connectivity index (χ0) is 16.7. The Balaban J connectivity index is 2.11. The minimum atomic E-state index is -0.416. The molecule has 6 heteroatoms. The number of amides is 1. The zero-order valence-corrected chi connectivity index (χ0v) is 13.3. The van der Waals surface area contributed by atoms with Crippen LogP contribution < -0.4 is 14.8 Å². The molecule has 1 aliphatic heterocycles. The number of nitriles is 1. The lowest BCUT2D eigenvalue weighted by atomic mass is 10.1. The van der Waals surface area contributed by atoms with E-state index in [1.54, 1.807) is 25.3 Å². The maximum atomic E-state index is 12.1. The molecular formula is C17H20N2O4. The molecule has 1 amide bonds. The van der Waals surface area contributed by atoms with Crippen LogP contribution in [0.4, 0.5) is 0 Å². The van der Waals surface area contributed by atoms with Gasteiger partial charge in [0, 0.05) is 24.8 Å². The number of methoxy groups -OCH3 is 2. The molecule has 122 valence electrons. The van der Waals surface area contributed by atoms with Crippen LogP contribution >= 0.6 is 0 Å². The van der Waals surface area contributed by atoms with Crippen molar-refractivity contribution < 1.29 is 19.0 Å². The van der Waals surface area contributed by atoms with Crippen LogP contribution in [-0.2, 0) is 9.53 Å². The summed E-state index contributed by atoms with van der Waals surface area (Å²) in [5.74, 6) is 0.755. The van der Waals surface area contributed by atoms with Gasteiger partial charge in [0.1, 0.15) is 23.1 Å². The number of carbonyl (C=O) groups is 1. The van der Waals surface area contributed by atoms with Gasteiger partial charge in [0.05, 0.1) is 20.3 Å². The minimum absolute atomic E-state index is 0.0199. The lowest BCUT2D eigenvalue weighted by Gasteiger charge is -2.11. The monoisotopic (exact) mass is 316 g/mol. The van der Waals surface area contributed by atoms with Gasteiger partial charge in [-0.2, -0.15) is 5.26 Å². The molecule has 1 aliphatic rings. The predicted molar refractivity (Wildman–Crippen MR) is 85.1 cm³/mol. The molecule has 0 unspecified atom stereocenters. The number of carbonyl (C=O) groups excluding carboxylic acids is 1. The van der Waals surface area contributed by atoms with Gasteiger partial charge in [-0.15, -0.1) is 0 Å². The Bertz CT molecular complexity index is 628. The van der Waals surface area contributed by atoms with Crippen LogP contribution in [0.25, 0.3) is 6.08 Å². The average molecular weight is 316 g/mol. The summed E-state index contributed by atoms with van der Waals surface area (Å²) in [6, 6.07) is 7.11. The number of nitrogens with one attached hydrogen (secondary N) is 1. The van der Waals surface area contributed by atoms with Gasteiger partial charge >= 0.3 is 0 Å². The Labute approximate surface area is 135 Å². The molecule has 1 aromatic carbocycles. The highest BCUT2D eigenvalue weighted by molar-refractivity contribution is 6.02. The van der Waals surface area contributed by atoms with Gasteiger partial charge in [0.25, 0.3) is 5.91 Å². The third-order valence-corrected chi connectivity index (χ3v) is 3.62. The summed E-state index contributed by atoms with van der Waals surface area (Å²) in [5.41, 5.74) is 0.656. The Kier molecular flexibility index (Phi) is 6.01. The molecular weight excluding hydrogens is 296 g/mol. The average Bonchev–Trinajstić information content (AvgIpc) is 3.11. The molecule has 1 aromatic rings. The van der Waals surface area contributed by atoms with E-state index in [2.05, 4.69) is 5.32 Å². The van der Waals surface area contributed by atoms with E-state index in [0.717, 1.165) is 19.4 Å². The summed E-state index contributed by atoms with van der Waals surface area (Å²) in [7, 11) is 3.08. The summed E-state index contributed by atoms with van der Waals surface area (Å²) in [4.78, 5) is 12.1. The van der Waals surface area contributed by atoms with Crippen LogP contribution in [0.3, 0.4) is 0 Å². The van der Waals surface area contributed by atoms with Crippen LogP contribution in [0.1, 0.15) is 18.4 Å². The van der Waals surface area contributed by atoms with Crippen LogP contribution in [-0.4, -0.2) is 39.4 Å². The maximum absolute atomic E-state index is 12.1. The molecule has 1 atom stereocenters. The van der Waals surface area contributed by atoms with Crippen molar-refractivity contribution in [3.8, 4) is 17.6 Å². The first-order chi connectivity index (χ1) is 11.2. The van der Waals surface area contributed by atoms with Crippen molar-refractivity contribution in [1.82, 2.24) is 5.32 Å². The Morgan fingerprint density at radius 3 is 2.91 bits per heavy atom. The summed E-state index contributed by atoms with van der Waals surface area (Å²) in [6.07, 6.45) is 3.47. The van der Waals surface area contributed by atoms with Crippen molar-refractivity contribution in [2.45, 2.75) is 18.9 Å². The van der Waals surface area contributed by atoms with Crippen molar-refractivity contribution in [1.29, 1.82) is 5.26 Å². The normalized spacial score (nSPS) is 17.4. The van der Waals surface area contributed by atoms with Gasteiger partial charge in [-0.1, -0.05) is 0 Å². The summed E-state index contributed by atoms with van der Waals surface area (Å²) in [5, 5.41) is 12.0. The number of benzene rings is 1. The number of hydrogen-bond acceptors (Lipinski definition) is 5. The van der Waals surface area contributed by atoms with Crippen molar-refractivity contribution in [3.63, 3.8) is 0 Å². The molecule has 0 aromatic heterocycles. The first-order valence-corrected chi connectivity index (χ1v) is 7.41. The molecule has 1 heterocycles. The molecule has 6 nitrogen and oxygen atoms in total. The van der Waals surface area contributed by atoms with E-state index in [1.807, 2.05) is 6.07 Å². The Morgan fingerprint density at radius 2 is 2.30 bits per heavy atom. The highest BCUT2D eigenvalue weighted by Gasteiger charge is 2.18. The second-order valence-corrected chi connectivity index (χ2v) is 5.12. The molecule has 0 aliphatic carbocycles. The van der Waals surface area contributed by atoms with E-state index in [-0.39, 0.29) is 11.7 Å². The number of rotatable bonds is 6. The second-order valence-electron chi connectivity index (χ2n) is 5.12. The minimum Gasteiger partial charge on any atom is -0.497 e. The van der Waals surface area contributed by atoms with E-state index >= 15 is 0 Å². The number of ether oxygens (including phenoxy) is 3. The fourth-order valence-electron chi connectivity index (χ4n) is 2.35. The summed E-state index contributed by atoms with van der Waals surface area (Å²) in [6.45, 7) is 1.14. The second kappa shape index (κ2) is 8.20.